The summed E-state index contributed by atoms with van der Waals surface area (Å²) in [4.78, 5) is 3.69. The smallest absolute Gasteiger partial charge is 0.212 e. The van der Waals surface area contributed by atoms with E-state index in [9.17, 15) is 4.39 Å². The molecule has 0 radical (unpaired) electrons. The van der Waals surface area contributed by atoms with Gasteiger partial charge >= 0.3 is 0 Å². The van der Waals surface area contributed by atoms with E-state index in [0.717, 1.165) is 24.4 Å². The zero-order chi connectivity index (χ0) is 10.3. The Balaban J connectivity index is 1.87. The Morgan fingerprint density at radius 1 is 1.40 bits per heavy atom. The van der Waals surface area contributed by atoms with Crippen LogP contribution in [0.3, 0.4) is 0 Å². The quantitative estimate of drug-likeness (QED) is 0.707. The minimum Gasteiger partial charge on any atom is -0.310 e. The molecule has 0 unspecified atom stereocenters. The first kappa shape index (κ1) is 9.04. The molecule has 1 N–H and O–H groups in total. The normalized spacial score (nSPS) is 29.0. The molecule has 2 atom stereocenters. The van der Waals surface area contributed by atoms with Crippen LogP contribution in [0.25, 0.3) is 5.57 Å². The van der Waals surface area contributed by atoms with Crippen molar-refractivity contribution in [3.05, 3.63) is 35.9 Å². The molecule has 0 bridgehead atoms. The first-order valence-electron chi connectivity index (χ1n) is 5.39. The Morgan fingerprint density at radius 2 is 2.33 bits per heavy atom. The van der Waals surface area contributed by atoms with E-state index in [1.54, 1.807) is 6.20 Å². The van der Waals surface area contributed by atoms with Crippen LogP contribution in [0.5, 0.6) is 0 Å². The van der Waals surface area contributed by atoms with Crippen molar-refractivity contribution >= 4 is 5.57 Å². The van der Waals surface area contributed by atoms with E-state index < -0.39 is 5.95 Å². The van der Waals surface area contributed by atoms with Gasteiger partial charge in [-0.25, -0.2) is 4.98 Å². The highest BCUT2D eigenvalue weighted by Crippen LogP contribution is 2.36. The van der Waals surface area contributed by atoms with Crippen molar-refractivity contribution in [1.29, 1.82) is 0 Å². The second-order valence-electron chi connectivity index (χ2n) is 4.29. The molecule has 1 aromatic rings. The average molecular weight is 204 g/mol. The highest BCUT2D eigenvalue weighted by Gasteiger charge is 2.31. The van der Waals surface area contributed by atoms with Crippen LogP contribution in [-0.4, -0.2) is 17.6 Å². The van der Waals surface area contributed by atoms with Crippen LogP contribution in [0.15, 0.2) is 24.4 Å². The lowest BCUT2D eigenvalue weighted by Crippen LogP contribution is -2.20. The number of nitrogens with one attached hydrogen (secondary N) is 1. The summed E-state index contributed by atoms with van der Waals surface area (Å²) in [6.45, 7) is 1.13. The van der Waals surface area contributed by atoms with Gasteiger partial charge in [-0.3, -0.25) is 0 Å². The van der Waals surface area contributed by atoms with E-state index in [0.29, 0.717) is 6.04 Å². The van der Waals surface area contributed by atoms with Crippen LogP contribution < -0.4 is 5.32 Å². The lowest BCUT2D eigenvalue weighted by Gasteiger charge is -2.06. The molecule has 0 saturated carbocycles. The highest BCUT2D eigenvalue weighted by atomic mass is 19.1. The lowest BCUT2D eigenvalue weighted by molar-refractivity contribution is 0.553. The van der Waals surface area contributed by atoms with Gasteiger partial charge in [-0.05, 0) is 48.6 Å². The molecule has 0 aromatic carbocycles. The molecule has 2 heterocycles. The Labute approximate surface area is 88.2 Å². The minimum absolute atomic E-state index is 0.407. The number of allylic oxidation sites excluding steroid dienone is 1. The van der Waals surface area contributed by atoms with E-state index >= 15 is 0 Å². The molecule has 1 aliphatic carbocycles. The van der Waals surface area contributed by atoms with Crippen LogP contribution in [0, 0.1) is 11.9 Å². The summed E-state index contributed by atoms with van der Waals surface area (Å²) >= 11 is 0. The second-order valence-corrected chi connectivity index (χ2v) is 4.29. The van der Waals surface area contributed by atoms with E-state index in [4.69, 9.17) is 0 Å². The Morgan fingerprint density at radius 3 is 3.07 bits per heavy atom. The van der Waals surface area contributed by atoms with E-state index in [2.05, 4.69) is 16.4 Å². The zero-order valence-corrected chi connectivity index (χ0v) is 8.41. The number of nitrogens with zero attached hydrogens (tertiary/aromatic N) is 1. The van der Waals surface area contributed by atoms with Gasteiger partial charge in [0.05, 0.1) is 0 Å². The van der Waals surface area contributed by atoms with Gasteiger partial charge < -0.3 is 5.32 Å². The number of rotatable bonds is 1. The molecular formula is C12H13FN2. The van der Waals surface area contributed by atoms with Crippen molar-refractivity contribution in [3.8, 4) is 0 Å². The fourth-order valence-electron chi connectivity index (χ4n) is 2.55. The summed E-state index contributed by atoms with van der Waals surface area (Å²) < 4.78 is 12.7. The summed E-state index contributed by atoms with van der Waals surface area (Å²) in [7, 11) is 0. The summed E-state index contributed by atoms with van der Waals surface area (Å²) in [5, 5.41) is 3.46. The topological polar surface area (TPSA) is 24.9 Å². The number of aromatic nitrogens is 1. The summed E-state index contributed by atoms with van der Waals surface area (Å²) in [5.74, 6) is 0.334. The maximum Gasteiger partial charge on any atom is 0.212 e. The number of halogens is 1. The van der Waals surface area contributed by atoms with Crippen molar-refractivity contribution in [3.63, 3.8) is 0 Å². The molecule has 1 aromatic heterocycles. The summed E-state index contributed by atoms with van der Waals surface area (Å²) in [6.07, 6.45) is 6.25. The molecule has 15 heavy (non-hydrogen) atoms. The molecule has 2 nitrogen and oxygen atoms in total. The predicted octanol–water partition coefficient (Wildman–Crippen LogP) is 1.99. The largest absolute Gasteiger partial charge is 0.310 e. The van der Waals surface area contributed by atoms with E-state index in [1.165, 1.54) is 18.1 Å². The Hall–Kier alpha value is -1.22. The van der Waals surface area contributed by atoms with Crippen molar-refractivity contribution in [2.45, 2.75) is 18.9 Å². The third-order valence-corrected chi connectivity index (χ3v) is 3.36. The fourth-order valence-corrected chi connectivity index (χ4v) is 2.55. The maximum absolute atomic E-state index is 12.7. The molecule has 1 aliphatic heterocycles. The summed E-state index contributed by atoms with van der Waals surface area (Å²) in [5.41, 5.74) is 2.37. The number of hydrogen-bond acceptors (Lipinski definition) is 2. The van der Waals surface area contributed by atoms with Gasteiger partial charge in [0, 0.05) is 12.2 Å². The first-order chi connectivity index (χ1) is 7.33. The molecule has 2 aliphatic rings. The molecule has 3 heteroatoms. The third-order valence-electron chi connectivity index (χ3n) is 3.36. The van der Waals surface area contributed by atoms with Crippen molar-refractivity contribution in [2.75, 3.05) is 6.54 Å². The van der Waals surface area contributed by atoms with Crippen LogP contribution >= 0.6 is 0 Å². The van der Waals surface area contributed by atoms with Gasteiger partial charge in [0.25, 0.3) is 0 Å². The van der Waals surface area contributed by atoms with Gasteiger partial charge in [0.15, 0.2) is 0 Å². The van der Waals surface area contributed by atoms with Gasteiger partial charge in [0.1, 0.15) is 0 Å². The molecule has 1 fully saturated rings. The lowest BCUT2D eigenvalue weighted by atomic mass is 10.00. The van der Waals surface area contributed by atoms with Crippen molar-refractivity contribution in [2.24, 2.45) is 5.92 Å². The average Bonchev–Trinajstić information content (AvgIpc) is 2.78. The fraction of sp³-hybridized carbons (Fsp3) is 0.417. The van der Waals surface area contributed by atoms with Gasteiger partial charge in [0.2, 0.25) is 5.95 Å². The first-order valence-corrected chi connectivity index (χ1v) is 5.39. The number of fused-ring (bicyclic) bond motifs is 1. The highest BCUT2D eigenvalue weighted by molar-refractivity contribution is 5.68. The minimum atomic E-state index is -0.407. The third kappa shape index (κ3) is 1.57. The van der Waals surface area contributed by atoms with Gasteiger partial charge in [-0.1, -0.05) is 6.08 Å². The van der Waals surface area contributed by atoms with Crippen molar-refractivity contribution < 1.29 is 4.39 Å². The molecule has 78 valence electrons. The monoisotopic (exact) mass is 204 g/mol. The summed E-state index contributed by atoms with van der Waals surface area (Å²) in [6, 6.07) is 3.78. The van der Waals surface area contributed by atoms with E-state index in [1.807, 2.05) is 6.07 Å². The Bertz CT molecular complexity index is 397. The molecule has 0 amide bonds. The van der Waals surface area contributed by atoms with Gasteiger partial charge in [-0.2, -0.15) is 4.39 Å². The maximum atomic E-state index is 12.7. The van der Waals surface area contributed by atoms with E-state index in [-0.39, 0.29) is 0 Å². The molecule has 1 saturated heterocycles. The number of pyridine rings is 1. The molecular weight excluding hydrogens is 191 g/mol. The van der Waals surface area contributed by atoms with Gasteiger partial charge in [-0.15, -0.1) is 0 Å². The van der Waals surface area contributed by atoms with Crippen LogP contribution in [-0.2, 0) is 0 Å². The second kappa shape index (κ2) is 3.42. The van der Waals surface area contributed by atoms with Crippen LogP contribution in [0.1, 0.15) is 18.4 Å². The zero-order valence-electron chi connectivity index (χ0n) is 8.41. The standard InChI is InChI=1S/C12H13FN2/c13-12-2-1-9(7-15-12)10-5-8-3-4-14-11(8)6-10/h1-2,6-8,11,14H,3-5H2/t8-,11+/m0/s1. The molecule has 3 rings (SSSR count). The molecule has 0 spiro atoms. The van der Waals surface area contributed by atoms with Crippen LogP contribution in [0.2, 0.25) is 0 Å². The Kier molecular flexibility index (Phi) is 2.06. The number of hydrogen-bond donors (Lipinski definition) is 1. The van der Waals surface area contributed by atoms with Crippen LogP contribution in [0.4, 0.5) is 4.39 Å². The predicted molar refractivity (Wildman–Crippen MR) is 56.7 cm³/mol. The SMILES string of the molecule is Fc1ccc(C2=C[C@H]3NCC[C@H]3C2)cn1. The van der Waals surface area contributed by atoms with Crippen molar-refractivity contribution in [1.82, 2.24) is 10.3 Å².